The number of fused-ring (bicyclic) bond motifs is 5. The van der Waals surface area contributed by atoms with E-state index in [-0.39, 0.29) is 6.10 Å². The maximum atomic E-state index is 10.1. The van der Waals surface area contributed by atoms with Crippen molar-refractivity contribution < 1.29 is 5.11 Å². The van der Waals surface area contributed by atoms with Gasteiger partial charge >= 0.3 is 0 Å². The highest BCUT2D eigenvalue weighted by Gasteiger charge is 2.56. The van der Waals surface area contributed by atoms with Gasteiger partial charge in [0.2, 0.25) is 0 Å². The van der Waals surface area contributed by atoms with Crippen LogP contribution in [-0.4, -0.2) is 15.1 Å². The molecule has 0 aromatic rings. The van der Waals surface area contributed by atoms with Gasteiger partial charge in [-0.15, -0.1) is 0 Å². The van der Waals surface area contributed by atoms with Crippen LogP contribution in [0.1, 0.15) is 52.4 Å². The Morgan fingerprint density at radius 3 is 2.81 bits per heavy atom. The average Bonchev–Trinajstić information content (AvgIpc) is 2.82. The smallest absolute Gasteiger partial charge is 0.0577 e. The molecule has 0 radical (unpaired) electrons. The van der Waals surface area contributed by atoms with Gasteiger partial charge in [0.05, 0.1) is 6.10 Å². The molecule has 4 aliphatic carbocycles. The number of aliphatic hydroxyl groups is 1. The van der Waals surface area contributed by atoms with Gasteiger partial charge in [0.25, 0.3) is 0 Å². The van der Waals surface area contributed by atoms with Crippen molar-refractivity contribution in [2.75, 3.05) is 0 Å². The Morgan fingerprint density at radius 1 is 1.19 bits per heavy atom. The second-order valence-electron chi connectivity index (χ2n) is 8.42. The lowest BCUT2D eigenvalue weighted by atomic mass is 9.48. The van der Waals surface area contributed by atoms with E-state index in [2.05, 4.69) is 54.7 Å². The van der Waals surface area contributed by atoms with Crippen molar-refractivity contribution >= 4 is 22.6 Å². The lowest BCUT2D eigenvalue weighted by Gasteiger charge is -2.58. The maximum Gasteiger partial charge on any atom is 0.0577 e. The zero-order valence-electron chi connectivity index (χ0n) is 13.2. The molecule has 0 spiro atoms. The first-order valence-corrected chi connectivity index (χ1v) is 9.90. The highest BCUT2D eigenvalue weighted by Crippen LogP contribution is 2.64. The van der Waals surface area contributed by atoms with Crippen molar-refractivity contribution in [2.24, 2.45) is 28.6 Å². The van der Waals surface area contributed by atoms with E-state index >= 15 is 0 Å². The largest absolute Gasteiger partial charge is 0.393 e. The van der Waals surface area contributed by atoms with Gasteiger partial charge in [0, 0.05) is 3.92 Å². The molecule has 116 valence electrons. The van der Waals surface area contributed by atoms with Gasteiger partial charge < -0.3 is 5.11 Å². The predicted octanol–water partition coefficient (Wildman–Crippen LogP) is 4.89. The summed E-state index contributed by atoms with van der Waals surface area (Å²) in [6.45, 7) is 5.00. The van der Waals surface area contributed by atoms with Crippen LogP contribution in [0.4, 0.5) is 0 Å². The number of aliphatic hydroxyl groups excluding tert-OH is 1. The summed E-state index contributed by atoms with van der Waals surface area (Å²) in [6, 6.07) is 0. The van der Waals surface area contributed by atoms with Crippen molar-refractivity contribution in [3.63, 3.8) is 0 Å². The van der Waals surface area contributed by atoms with Crippen LogP contribution in [0.15, 0.2) is 23.8 Å². The number of allylic oxidation sites excluding steroid dienone is 3. The summed E-state index contributed by atoms with van der Waals surface area (Å²) in [5.74, 6) is 2.52. The molecule has 0 aromatic heterocycles. The third kappa shape index (κ3) is 2.04. The molecule has 1 N–H and O–H groups in total. The van der Waals surface area contributed by atoms with Gasteiger partial charge in [-0.1, -0.05) is 60.2 Å². The summed E-state index contributed by atoms with van der Waals surface area (Å²) >= 11 is 2.69. The summed E-state index contributed by atoms with van der Waals surface area (Å²) in [7, 11) is 0. The third-order valence-electron chi connectivity index (χ3n) is 7.39. The fraction of sp³-hybridized carbons (Fsp3) is 0.789. The molecule has 4 rings (SSSR count). The Morgan fingerprint density at radius 2 is 2.00 bits per heavy atom. The average molecular weight is 398 g/mol. The summed E-state index contributed by atoms with van der Waals surface area (Å²) in [5, 5.41) is 10.1. The Kier molecular flexibility index (Phi) is 3.39. The number of hydrogen-bond acceptors (Lipinski definition) is 1. The van der Waals surface area contributed by atoms with Crippen LogP contribution in [0.25, 0.3) is 0 Å². The predicted molar refractivity (Wildman–Crippen MR) is 95.4 cm³/mol. The quantitative estimate of drug-likeness (QED) is 0.350. The minimum Gasteiger partial charge on any atom is -0.393 e. The first kappa shape index (κ1) is 14.7. The van der Waals surface area contributed by atoms with Crippen LogP contribution in [0, 0.1) is 28.6 Å². The second-order valence-corrected chi connectivity index (χ2v) is 9.86. The van der Waals surface area contributed by atoms with Gasteiger partial charge in [0.15, 0.2) is 0 Å². The first-order chi connectivity index (χ1) is 9.94. The Balaban J connectivity index is 1.74. The van der Waals surface area contributed by atoms with Gasteiger partial charge in [-0.05, 0) is 67.1 Å². The minimum atomic E-state index is -0.0912. The molecule has 1 unspecified atom stereocenters. The van der Waals surface area contributed by atoms with E-state index in [1.807, 2.05) is 0 Å². The van der Waals surface area contributed by atoms with Crippen molar-refractivity contribution in [3.05, 3.63) is 23.8 Å². The molecule has 4 aliphatic rings. The van der Waals surface area contributed by atoms with E-state index in [1.165, 1.54) is 25.7 Å². The van der Waals surface area contributed by atoms with Crippen LogP contribution >= 0.6 is 22.6 Å². The molecule has 0 heterocycles. The molecular weight excluding hydrogens is 371 g/mol. The maximum absolute atomic E-state index is 10.1. The van der Waals surface area contributed by atoms with Gasteiger partial charge in [-0.2, -0.15) is 0 Å². The normalized spacial score (nSPS) is 55.4. The molecule has 2 fully saturated rings. The van der Waals surface area contributed by atoms with Gasteiger partial charge in [-0.25, -0.2) is 0 Å². The van der Waals surface area contributed by atoms with E-state index in [0.29, 0.717) is 14.8 Å². The van der Waals surface area contributed by atoms with E-state index in [4.69, 9.17) is 0 Å². The van der Waals surface area contributed by atoms with Crippen LogP contribution in [0.3, 0.4) is 0 Å². The van der Waals surface area contributed by atoms with E-state index in [9.17, 15) is 5.11 Å². The number of alkyl halides is 1. The molecule has 0 saturated heterocycles. The molecule has 0 aliphatic heterocycles. The fourth-order valence-electron chi connectivity index (χ4n) is 6.07. The molecule has 0 amide bonds. The Hall–Kier alpha value is 0.170. The molecule has 1 nitrogen and oxygen atoms in total. The SMILES string of the molecule is C[C@@]12C=CC[C@H]1[C@@H]1C(I)C=C3C[C@@H](O)CC[C@]3(C)[C@H]1CC2. The molecule has 7 atom stereocenters. The van der Waals surface area contributed by atoms with Crippen LogP contribution < -0.4 is 0 Å². The highest BCUT2D eigenvalue weighted by molar-refractivity contribution is 14.1. The van der Waals surface area contributed by atoms with Crippen molar-refractivity contribution in [2.45, 2.75) is 62.4 Å². The number of halogens is 1. The highest BCUT2D eigenvalue weighted by atomic mass is 127. The van der Waals surface area contributed by atoms with Crippen LogP contribution in [-0.2, 0) is 0 Å². The van der Waals surface area contributed by atoms with Crippen LogP contribution in [0.5, 0.6) is 0 Å². The zero-order valence-corrected chi connectivity index (χ0v) is 15.3. The van der Waals surface area contributed by atoms with E-state index < -0.39 is 0 Å². The van der Waals surface area contributed by atoms with Gasteiger partial charge in [-0.3, -0.25) is 0 Å². The standard InChI is InChI=1S/C19H27IO/c1-18-7-3-4-14(18)17-15(6-8-18)19(2)9-5-13(21)10-12(19)11-16(17)20/h3,7,11,13-17,21H,4-6,8-10H2,1-2H3/t13-,14-,15-,16?,17-,18-,19-/m0/s1. The summed E-state index contributed by atoms with van der Waals surface area (Å²) in [6.07, 6.45) is 14.6. The van der Waals surface area contributed by atoms with Crippen molar-refractivity contribution in [1.82, 2.24) is 0 Å². The Labute approximate surface area is 142 Å². The minimum absolute atomic E-state index is 0.0912. The summed E-state index contributed by atoms with van der Waals surface area (Å²) in [5.41, 5.74) is 2.41. The third-order valence-corrected chi connectivity index (χ3v) is 8.58. The van der Waals surface area contributed by atoms with E-state index in [0.717, 1.165) is 30.6 Å². The van der Waals surface area contributed by atoms with Crippen LogP contribution in [0.2, 0.25) is 0 Å². The monoisotopic (exact) mass is 398 g/mol. The summed E-state index contributed by atoms with van der Waals surface area (Å²) in [4.78, 5) is 0. The molecule has 0 aromatic carbocycles. The van der Waals surface area contributed by atoms with Gasteiger partial charge in [0.1, 0.15) is 0 Å². The Bertz CT molecular complexity index is 510. The number of rotatable bonds is 0. The lowest BCUT2D eigenvalue weighted by molar-refractivity contribution is -0.0219. The topological polar surface area (TPSA) is 20.2 Å². The molecule has 2 saturated carbocycles. The molecule has 2 heteroatoms. The van der Waals surface area contributed by atoms with Crippen molar-refractivity contribution in [3.8, 4) is 0 Å². The van der Waals surface area contributed by atoms with Crippen molar-refractivity contribution in [1.29, 1.82) is 0 Å². The molecule has 21 heavy (non-hydrogen) atoms. The molecular formula is C19H27IO. The summed E-state index contributed by atoms with van der Waals surface area (Å²) < 4.78 is 0.658. The zero-order chi connectivity index (χ0) is 14.8. The lowest BCUT2D eigenvalue weighted by Crippen LogP contribution is -2.52. The number of hydrogen-bond donors (Lipinski definition) is 1. The fourth-order valence-corrected chi connectivity index (χ4v) is 7.51. The second kappa shape index (κ2) is 4.83. The first-order valence-electron chi connectivity index (χ1n) is 8.65. The molecule has 0 bridgehead atoms. The van der Waals surface area contributed by atoms with E-state index in [1.54, 1.807) is 5.57 Å².